The molecule has 3 heteroatoms. The average Bonchev–Trinajstić information content (AvgIpc) is 3.29. The first-order valence-electron chi connectivity index (χ1n) is 7.14. The van der Waals surface area contributed by atoms with E-state index >= 15 is 0 Å². The predicted molar refractivity (Wildman–Crippen MR) is 78.6 cm³/mol. The molecule has 2 aliphatic heterocycles. The second-order valence-corrected chi connectivity index (χ2v) is 6.13. The van der Waals surface area contributed by atoms with Crippen molar-refractivity contribution >= 4 is 5.78 Å². The van der Waals surface area contributed by atoms with Crippen LogP contribution in [0, 0.1) is 0 Å². The third-order valence-corrected chi connectivity index (χ3v) is 4.16. The molecule has 106 valence electrons. The molecule has 0 amide bonds. The van der Waals surface area contributed by atoms with E-state index < -0.39 is 0 Å². The molecule has 2 heterocycles. The molecule has 0 radical (unpaired) electrons. The topological polar surface area (TPSA) is 38.8 Å². The lowest BCUT2D eigenvalue weighted by molar-refractivity contribution is 0.0725. The minimum Gasteiger partial charge on any atom is -0.485 e. The summed E-state index contributed by atoms with van der Waals surface area (Å²) < 4.78 is 11.7. The Balaban J connectivity index is 1.72. The van der Waals surface area contributed by atoms with Gasteiger partial charge in [0.25, 0.3) is 0 Å². The molecular formula is C18H16O3. The lowest BCUT2D eigenvalue weighted by Crippen LogP contribution is -2.37. The maximum absolute atomic E-state index is 12.5. The van der Waals surface area contributed by atoms with Gasteiger partial charge in [0.05, 0.1) is 0 Å². The van der Waals surface area contributed by atoms with E-state index in [2.05, 4.69) is 0 Å². The molecule has 0 bridgehead atoms. The zero-order valence-electron chi connectivity index (χ0n) is 12.0. The Morgan fingerprint density at radius 3 is 2.57 bits per heavy atom. The van der Waals surface area contributed by atoms with Gasteiger partial charge in [0.2, 0.25) is 0 Å². The number of hydrogen-bond donors (Lipinski definition) is 0. The maximum Gasteiger partial charge on any atom is 0.193 e. The van der Waals surface area contributed by atoms with Crippen molar-refractivity contribution in [3.05, 3.63) is 65.2 Å². The van der Waals surface area contributed by atoms with Crippen molar-refractivity contribution in [1.29, 1.82) is 0 Å². The third-order valence-electron chi connectivity index (χ3n) is 4.16. The van der Waals surface area contributed by atoms with Crippen LogP contribution in [0.2, 0.25) is 0 Å². The standard InChI is InChI=1S/C18H16O3/c1-18(2)17-16(20-17)13-10-12(8-9-14(13)21-18)15(19)11-6-4-3-5-7-11/h3-10,16-17H,1-2H3/t16-,17-/m0/s1. The lowest BCUT2D eigenvalue weighted by Gasteiger charge is -2.29. The highest BCUT2D eigenvalue weighted by atomic mass is 16.6. The summed E-state index contributed by atoms with van der Waals surface area (Å²) in [5.74, 6) is 0.851. The Hall–Kier alpha value is -2.13. The molecule has 4 rings (SSSR count). The minimum atomic E-state index is -0.303. The van der Waals surface area contributed by atoms with Gasteiger partial charge in [0, 0.05) is 16.7 Å². The molecule has 2 atom stereocenters. The van der Waals surface area contributed by atoms with Gasteiger partial charge in [-0.2, -0.15) is 0 Å². The van der Waals surface area contributed by atoms with Crippen LogP contribution in [0.15, 0.2) is 48.5 Å². The van der Waals surface area contributed by atoms with E-state index in [1.807, 2.05) is 62.4 Å². The molecule has 0 N–H and O–H groups in total. The van der Waals surface area contributed by atoms with Gasteiger partial charge in [-0.25, -0.2) is 0 Å². The number of hydrogen-bond acceptors (Lipinski definition) is 3. The molecule has 2 aromatic carbocycles. The Kier molecular flexibility index (Phi) is 2.51. The highest BCUT2D eigenvalue weighted by Gasteiger charge is 2.56. The molecule has 2 aromatic rings. The van der Waals surface area contributed by atoms with E-state index in [-0.39, 0.29) is 23.6 Å². The van der Waals surface area contributed by atoms with E-state index in [0.717, 1.165) is 11.3 Å². The fraction of sp³-hybridized carbons (Fsp3) is 0.278. The highest BCUT2D eigenvalue weighted by Crippen LogP contribution is 2.53. The number of carbonyl (C=O) groups excluding carboxylic acids is 1. The zero-order chi connectivity index (χ0) is 14.6. The van der Waals surface area contributed by atoms with Gasteiger partial charge in [-0.15, -0.1) is 0 Å². The molecule has 0 spiro atoms. The molecule has 1 saturated heterocycles. The number of rotatable bonds is 2. The lowest BCUT2D eigenvalue weighted by atomic mass is 9.92. The van der Waals surface area contributed by atoms with Crippen LogP contribution < -0.4 is 4.74 Å². The number of fused-ring (bicyclic) bond motifs is 3. The van der Waals surface area contributed by atoms with Crippen molar-refractivity contribution in [2.24, 2.45) is 0 Å². The minimum absolute atomic E-state index is 0.0282. The Morgan fingerprint density at radius 1 is 1.05 bits per heavy atom. The van der Waals surface area contributed by atoms with Crippen LogP contribution in [0.25, 0.3) is 0 Å². The average molecular weight is 280 g/mol. The van der Waals surface area contributed by atoms with Crippen LogP contribution in [0.4, 0.5) is 0 Å². The number of ketones is 1. The Labute approximate surface area is 123 Å². The fourth-order valence-electron chi connectivity index (χ4n) is 2.98. The molecule has 3 nitrogen and oxygen atoms in total. The maximum atomic E-state index is 12.5. The summed E-state index contributed by atoms with van der Waals surface area (Å²) in [5, 5.41) is 0. The first kappa shape index (κ1) is 12.6. The second kappa shape index (κ2) is 4.18. The molecule has 0 aromatic heterocycles. The summed E-state index contributed by atoms with van der Waals surface area (Å²) in [4.78, 5) is 12.5. The largest absolute Gasteiger partial charge is 0.485 e. The van der Waals surface area contributed by atoms with Crippen molar-refractivity contribution in [2.45, 2.75) is 31.7 Å². The first-order valence-corrected chi connectivity index (χ1v) is 7.14. The summed E-state index contributed by atoms with van der Waals surface area (Å²) in [5.41, 5.74) is 2.06. The van der Waals surface area contributed by atoms with Crippen molar-refractivity contribution in [3.63, 3.8) is 0 Å². The van der Waals surface area contributed by atoms with Gasteiger partial charge in [-0.1, -0.05) is 30.3 Å². The summed E-state index contributed by atoms with van der Waals surface area (Å²) in [6, 6.07) is 14.9. The van der Waals surface area contributed by atoms with Crippen LogP contribution in [0.1, 0.15) is 41.4 Å². The second-order valence-electron chi connectivity index (χ2n) is 6.13. The van der Waals surface area contributed by atoms with Gasteiger partial charge in [0.15, 0.2) is 5.78 Å². The molecule has 2 aliphatic rings. The predicted octanol–water partition coefficient (Wildman–Crippen LogP) is 3.53. The van der Waals surface area contributed by atoms with Crippen molar-refractivity contribution in [1.82, 2.24) is 0 Å². The SMILES string of the molecule is CC1(C)Oc2ccc(C(=O)c3ccccc3)cc2[C@@H]2O[C@@H]21. The van der Waals surface area contributed by atoms with Crippen LogP contribution in [-0.2, 0) is 4.74 Å². The number of epoxide rings is 1. The summed E-state index contributed by atoms with van der Waals surface area (Å²) >= 11 is 0. The smallest absolute Gasteiger partial charge is 0.193 e. The molecule has 1 fully saturated rings. The number of benzene rings is 2. The fourth-order valence-corrected chi connectivity index (χ4v) is 2.98. The molecular weight excluding hydrogens is 264 g/mol. The Bertz CT molecular complexity index is 718. The summed E-state index contributed by atoms with van der Waals surface area (Å²) in [6.45, 7) is 4.06. The van der Waals surface area contributed by atoms with Crippen molar-refractivity contribution in [2.75, 3.05) is 0 Å². The van der Waals surface area contributed by atoms with E-state index in [1.165, 1.54) is 0 Å². The molecule has 21 heavy (non-hydrogen) atoms. The van der Waals surface area contributed by atoms with Crippen LogP contribution in [0.5, 0.6) is 5.75 Å². The normalized spacial score (nSPS) is 24.5. The van der Waals surface area contributed by atoms with E-state index in [1.54, 1.807) is 0 Å². The van der Waals surface area contributed by atoms with Crippen LogP contribution in [-0.4, -0.2) is 17.5 Å². The third kappa shape index (κ3) is 1.96. The zero-order valence-corrected chi connectivity index (χ0v) is 12.0. The number of carbonyl (C=O) groups is 1. The van der Waals surface area contributed by atoms with Gasteiger partial charge in [0.1, 0.15) is 23.6 Å². The molecule has 0 saturated carbocycles. The van der Waals surface area contributed by atoms with Crippen LogP contribution >= 0.6 is 0 Å². The quantitative estimate of drug-likeness (QED) is 0.624. The first-order chi connectivity index (χ1) is 10.1. The van der Waals surface area contributed by atoms with E-state index in [9.17, 15) is 4.79 Å². The van der Waals surface area contributed by atoms with Crippen molar-refractivity contribution in [3.8, 4) is 5.75 Å². The summed E-state index contributed by atoms with van der Waals surface area (Å²) in [7, 11) is 0. The van der Waals surface area contributed by atoms with Gasteiger partial charge >= 0.3 is 0 Å². The van der Waals surface area contributed by atoms with Gasteiger partial charge < -0.3 is 9.47 Å². The Morgan fingerprint density at radius 2 is 1.81 bits per heavy atom. The van der Waals surface area contributed by atoms with Crippen LogP contribution in [0.3, 0.4) is 0 Å². The monoisotopic (exact) mass is 280 g/mol. The summed E-state index contributed by atoms with van der Waals surface area (Å²) in [6.07, 6.45) is 0.152. The highest BCUT2D eigenvalue weighted by molar-refractivity contribution is 6.09. The molecule has 0 aliphatic carbocycles. The van der Waals surface area contributed by atoms with E-state index in [4.69, 9.17) is 9.47 Å². The van der Waals surface area contributed by atoms with Crippen molar-refractivity contribution < 1.29 is 14.3 Å². The van der Waals surface area contributed by atoms with Gasteiger partial charge in [-0.3, -0.25) is 4.79 Å². The molecule has 0 unspecified atom stereocenters. The van der Waals surface area contributed by atoms with E-state index in [0.29, 0.717) is 11.1 Å². The number of ether oxygens (including phenoxy) is 2. The van der Waals surface area contributed by atoms with Gasteiger partial charge in [-0.05, 0) is 32.0 Å².